The Labute approximate surface area is 205 Å². The molecule has 2 amide bonds. The topological polar surface area (TPSA) is 114 Å². The highest BCUT2D eigenvalue weighted by Crippen LogP contribution is 2.35. The molecule has 10 heteroatoms. The van der Waals surface area contributed by atoms with Gasteiger partial charge in [0.1, 0.15) is 11.6 Å². The highest BCUT2D eigenvalue weighted by Gasteiger charge is 2.29. The molecule has 0 unspecified atom stereocenters. The number of rotatable bonds is 4. The molecule has 0 atom stereocenters. The quantitative estimate of drug-likeness (QED) is 0.447. The number of benzene rings is 2. The van der Waals surface area contributed by atoms with Gasteiger partial charge in [0.25, 0.3) is 0 Å². The lowest BCUT2D eigenvalue weighted by Crippen LogP contribution is -2.29. The maximum atomic E-state index is 15.2. The van der Waals surface area contributed by atoms with E-state index < -0.39 is 74.3 Å². The Bertz CT molecular complexity index is 1430. The molecule has 0 fully saturated rings. The summed E-state index contributed by atoms with van der Waals surface area (Å²) in [6, 6.07) is 4.60. The van der Waals surface area contributed by atoms with E-state index in [4.69, 9.17) is 10.2 Å². The van der Waals surface area contributed by atoms with Crippen LogP contribution in [0.5, 0.6) is 0 Å². The van der Waals surface area contributed by atoms with Gasteiger partial charge in [0.2, 0.25) is 11.8 Å². The first-order chi connectivity index (χ1) is 16.6. The lowest BCUT2D eigenvalue weighted by atomic mass is 9.95. The molecule has 1 heterocycles. The van der Waals surface area contributed by atoms with E-state index >= 15 is 8.78 Å². The third-order valence-corrected chi connectivity index (χ3v) is 5.45. The van der Waals surface area contributed by atoms with Crippen LogP contribution in [0.4, 0.5) is 24.5 Å². The van der Waals surface area contributed by atoms with E-state index in [0.29, 0.717) is 0 Å². The fraction of sp³-hybridized carbons (Fsp3) is 0.346. The Hall–Kier alpha value is -3.66. The minimum absolute atomic E-state index is 0.0681. The van der Waals surface area contributed by atoms with E-state index in [1.165, 1.54) is 12.1 Å². The summed E-state index contributed by atoms with van der Waals surface area (Å²) in [5, 5.41) is 4.31. The minimum Gasteiger partial charge on any atom is -0.453 e. The molecule has 0 radical (unpaired) electrons. The van der Waals surface area contributed by atoms with Crippen molar-refractivity contribution in [1.29, 1.82) is 0 Å². The van der Waals surface area contributed by atoms with Crippen molar-refractivity contribution in [3.05, 3.63) is 57.5 Å². The Morgan fingerprint density at radius 1 is 0.917 bits per heavy atom. The largest absolute Gasteiger partial charge is 0.453 e. The molecule has 0 aliphatic heterocycles. The number of halogens is 3. The standard InChI is InChI=1S/C26H28F3N3O4/c1-25(2,3)23(34)31-15-8-7-12(9-14(15)27)17-10-16(33)18-21(32-24(35)26(4,5)6)19(28)13(11-30)20(29)22(18)36-17/h7-10H,11,30H2,1-6H3,(H,31,34)(H,32,35). The van der Waals surface area contributed by atoms with Crippen LogP contribution in [0.2, 0.25) is 0 Å². The predicted octanol–water partition coefficient (Wildman–Crippen LogP) is 5.31. The SMILES string of the molecule is CC(C)(C)C(=O)Nc1ccc(-c2cc(=O)c3c(NC(=O)C(C)(C)C)c(F)c(CN)c(F)c3o2)cc1F. The second-order valence-electron chi connectivity index (χ2n) is 10.5. The zero-order chi connectivity index (χ0) is 27.2. The van der Waals surface area contributed by atoms with Crippen molar-refractivity contribution >= 4 is 34.2 Å². The van der Waals surface area contributed by atoms with Crippen molar-refractivity contribution < 1.29 is 27.2 Å². The van der Waals surface area contributed by atoms with E-state index in [0.717, 1.165) is 12.1 Å². The smallest absolute Gasteiger partial charge is 0.229 e. The zero-order valence-corrected chi connectivity index (χ0v) is 20.9. The lowest BCUT2D eigenvalue weighted by molar-refractivity contribution is -0.123. The molecule has 0 saturated heterocycles. The van der Waals surface area contributed by atoms with Gasteiger partial charge in [-0.1, -0.05) is 41.5 Å². The summed E-state index contributed by atoms with van der Waals surface area (Å²) in [6.45, 7) is 9.18. The molecular weight excluding hydrogens is 475 g/mol. The number of hydrogen-bond donors (Lipinski definition) is 3. The summed E-state index contributed by atoms with van der Waals surface area (Å²) in [4.78, 5) is 37.7. The van der Waals surface area contributed by atoms with E-state index in [1.807, 2.05) is 0 Å². The van der Waals surface area contributed by atoms with Gasteiger partial charge in [0.15, 0.2) is 22.6 Å². The van der Waals surface area contributed by atoms with Crippen LogP contribution in [0.15, 0.2) is 33.5 Å². The van der Waals surface area contributed by atoms with E-state index in [2.05, 4.69) is 10.6 Å². The number of carbonyl (C=O) groups is 2. The summed E-state index contributed by atoms with van der Waals surface area (Å²) < 4.78 is 50.6. The van der Waals surface area contributed by atoms with Crippen LogP contribution in [0, 0.1) is 28.3 Å². The average molecular weight is 504 g/mol. The third kappa shape index (κ3) is 5.13. The molecule has 192 valence electrons. The van der Waals surface area contributed by atoms with Gasteiger partial charge in [-0.2, -0.15) is 0 Å². The van der Waals surface area contributed by atoms with Crippen molar-refractivity contribution in [1.82, 2.24) is 0 Å². The molecular formula is C26H28F3N3O4. The minimum atomic E-state index is -1.20. The molecule has 0 saturated carbocycles. The van der Waals surface area contributed by atoms with E-state index in [-0.39, 0.29) is 17.0 Å². The predicted molar refractivity (Wildman–Crippen MR) is 132 cm³/mol. The van der Waals surface area contributed by atoms with Gasteiger partial charge in [-0.15, -0.1) is 0 Å². The molecule has 1 aromatic heterocycles. The van der Waals surface area contributed by atoms with Crippen LogP contribution in [-0.4, -0.2) is 11.8 Å². The van der Waals surface area contributed by atoms with Gasteiger partial charge in [-0.05, 0) is 18.2 Å². The number of amides is 2. The monoisotopic (exact) mass is 503 g/mol. The van der Waals surface area contributed by atoms with Gasteiger partial charge in [0, 0.05) is 34.6 Å². The zero-order valence-electron chi connectivity index (χ0n) is 20.9. The Morgan fingerprint density at radius 3 is 2.03 bits per heavy atom. The average Bonchev–Trinajstić information content (AvgIpc) is 2.76. The molecule has 0 aliphatic rings. The summed E-state index contributed by atoms with van der Waals surface area (Å²) >= 11 is 0. The first-order valence-electron chi connectivity index (χ1n) is 11.2. The highest BCUT2D eigenvalue weighted by atomic mass is 19.1. The van der Waals surface area contributed by atoms with Crippen LogP contribution < -0.4 is 21.8 Å². The molecule has 36 heavy (non-hydrogen) atoms. The Kier molecular flexibility index (Phi) is 7.05. The molecule has 2 aromatic carbocycles. The van der Waals surface area contributed by atoms with Gasteiger partial charge >= 0.3 is 0 Å². The number of hydrogen-bond acceptors (Lipinski definition) is 5. The fourth-order valence-electron chi connectivity index (χ4n) is 3.20. The second-order valence-corrected chi connectivity index (χ2v) is 10.5. The van der Waals surface area contributed by atoms with E-state index in [1.54, 1.807) is 41.5 Å². The Balaban J connectivity index is 2.18. The first kappa shape index (κ1) is 26.9. The normalized spacial score (nSPS) is 12.1. The second kappa shape index (κ2) is 9.42. The van der Waals surface area contributed by atoms with Crippen molar-refractivity contribution in [2.75, 3.05) is 10.6 Å². The van der Waals surface area contributed by atoms with Crippen molar-refractivity contribution in [2.24, 2.45) is 16.6 Å². The molecule has 3 aromatic rings. The number of carbonyl (C=O) groups excluding carboxylic acids is 2. The van der Waals surface area contributed by atoms with Gasteiger partial charge < -0.3 is 20.8 Å². The number of anilines is 2. The van der Waals surface area contributed by atoms with Gasteiger partial charge in [-0.25, -0.2) is 13.2 Å². The fourth-order valence-corrected chi connectivity index (χ4v) is 3.20. The lowest BCUT2D eigenvalue weighted by Gasteiger charge is -2.20. The van der Waals surface area contributed by atoms with Crippen LogP contribution >= 0.6 is 0 Å². The van der Waals surface area contributed by atoms with Crippen LogP contribution in [0.25, 0.3) is 22.3 Å². The third-order valence-electron chi connectivity index (χ3n) is 5.45. The molecule has 3 rings (SSSR count). The van der Waals surface area contributed by atoms with E-state index in [9.17, 15) is 18.8 Å². The molecule has 0 aliphatic carbocycles. The van der Waals surface area contributed by atoms with Crippen molar-refractivity contribution in [3.8, 4) is 11.3 Å². The summed E-state index contributed by atoms with van der Waals surface area (Å²) in [6.07, 6.45) is 0. The summed E-state index contributed by atoms with van der Waals surface area (Å²) in [5.74, 6) is -4.42. The molecule has 0 spiro atoms. The first-order valence-corrected chi connectivity index (χ1v) is 11.2. The molecule has 7 nitrogen and oxygen atoms in total. The van der Waals surface area contributed by atoms with Crippen LogP contribution in [-0.2, 0) is 16.1 Å². The van der Waals surface area contributed by atoms with Crippen LogP contribution in [0.3, 0.4) is 0 Å². The number of fused-ring (bicyclic) bond motifs is 1. The van der Waals surface area contributed by atoms with Gasteiger partial charge in [0.05, 0.1) is 16.8 Å². The maximum Gasteiger partial charge on any atom is 0.229 e. The maximum absolute atomic E-state index is 15.2. The molecule has 0 bridgehead atoms. The highest BCUT2D eigenvalue weighted by molar-refractivity contribution is 6.03. The number of nitrogens with two attached hydrogens (primary N) is 1. The van der Waals surface area contributed by atoms with Crippen molar-refractivity contribution in [3.63, 3.8) is 0 Å². The summed E-state index contributed by atoms with van der Waals surface area (Å²) in [5.41, 5.74) is 1.18. The van der Waals surface area contributed by atoms with Crippen molar-refractivity contribution in [2.45, 2.75) is 48.1 Å². The summed E-state index contributed by atoms with van der Waals surface area (Å²) in [7, 11) is 0. The Morgan fingerprint density at radius 2 is 1.50 bits per heavy atom. The number of nitrogens with one attached hydrogen (secondary N) is 2. The van der Waals surface area contributed by atoms with Crippen LogP contribution in [0.1, 0.15) is 47.1 Å². The molecule has 4 N–H and O–H groups in total. The van der Waals surface area contributed by atoms with Gasteiger partial charge in [-0.3, -0.25) is 14.4 Å².